The van der Waals surface area contributed by atoms with Crippen LogP contribution in [0.5, 0.6) is 0 Å². The Labute approximate surface area is 257 Å². The Morgan fingerprint density at radius 1 is 0.511 bits per heavy atom. The van der Waals surface area contributed by atoms with Gasteiger partial charge in [0.25, 0.3) is 0 Å². The normalized spacial score (nSPS) is 11.5. The molecule has 6 heteroatoms. The Bertz CT molecular complexity index is 2420. The Morgan fingerprint density at radius 2 is 1.07 bits per heavy atom. The number of nitriles is 1. The van der Waals surface area contributed by atoms with Crippen LogP contribution in [0.15, 0.2) is 142 Å². The van der Waals surface area contributed by atoms with Gasteiger partial charge in [-0.3, -0.25) is 0 Å². The number of hydrogen-bond acceptors (Lipinski definition) is 5. The van der Waals surface area contributed by atoms with Gasteiger partial charge in [0, 0.05) is 27.6 Å². The first-order chi connectivity index (χ1) is 22.2. The fourth-order valence-electron chi connectivity index (χ4n) is 6.12. The first-order valence-corrected chi connectivity index (χ1v) is 14.6. The van der Waals surface area contributed by atoms with Gasteiger partial charge >= 0.3 is 0 Å². The number of oxazole rings is 2. The van der Waals surface area contributed by atoms with Crippen molar-refractivity contribution >= 4 is 44.0 Å². The summed E-state index contributed by atoms with van der Waals surface area (Å²) in [6, 6.07) is 46.7. The Balaban J connectivity index is 1.26. The smallest absolute Gasteiger partial charge is 0.227 e. The molecular formula is C39H22N4O2. The molecule has 6 nitrogen and oxygen atoms in total. The average Bonchev–Trinajstić information content (AvgIpc) is 3.82. The molecule has 0 fully saturated rings. The van der Waals surface area contributed by atoms with Crippen molar-refractivity contribution in [2.24, 2.45) is 0 Å². The van der Waals surface area contributed by atoms with Gasteiger partial charge in [0.1, 0.15) is 11.0 Å². The topological polar surface area (TPSA) is 80.8 Å². The van der Waals surface area contributed by atoms with Crippen molar-refractivity contribution < 1.29 is 8.83 Å². The Kier molecular flexibility index (Phi) is 5.46. The third-order valence-electron chi connectivity index (χ3n) is 8.30. The standard InChI is InChI=1S/C39H22N4O2/c40-23-24-12-14-25(15-13-24)26-6-5-7-29(20-26)43-34-18-16-27(38-41-32-8-1-3-10-36(32)44-38)21-30(34)31-22-28(17-19-35(31)43)39-42-33-9-2-4-11-37(33)45-39/h1-22H. The lowest BCUT2D eigenvalue weighted by molar-refractivity contribution is 0.619. The highest BCUT2D eigenvalue weighted by Crippen LogP contribution is 2.38. The molecular weight excluding hydrogens is 556 g/mol. The molecule has 0 aliphatic carbocycles. The first-order valence-electron chi connectivity index (χ1n) is 14.6. The summed E-state index contributed by atoms with van der Waals surface area (Å²) in [7, 11) is 0. The third kappa shape index (κ3) is 4.10. The second kappa shape index (κ2) is 9.80. The minimum absolute atomic E-state index is 0.580. The van der Waals surface area contributed by atoms with Crippen LogP contribution in [-0.2, 0) is 0 Å². The van der Waals surface area contributed by atoms with Crippen molar-refractivity contribution in [3.63, 3.8) is 0 Å². The summed E-state index contributed by atoms with van der Waals surface area (Å²) >= 11 is 0. The number of hydrogen-bond donors (Lipinski definition) is 0. The lowest BCUT2D eigenvalue weighted by atomic mass is 10.0. The van der Waals surface area contributed by atoms with Gasteiger partial charge in [-0.1, -0.05) is 48.5 Å². The van der Waals surface area contributed by atoms with Crippen molar-refractivity contribution in [1.82, 2.24) is 14.5 Å². The molecule has 0 unspecified atom stereocenters. The SMILES string of the molecule is N#Cc1ccc(-c2cccc(-n3c4ccc(-c5nc6ccccc6o5)cc4c4cc(-c5nc6ccccc6o5)ccc43)c2)cc1. The molecule has 3 aromatic heterocycles. The van der Waals surface area contributed by atoms with E-state index < -0.39 is 0 Å². The minimum atomic E-state index is 0.580. The molecule has 0 amide bonds. The fraction of sp³-hybridized carbons (Fsp3) is 0. The first kappa shape index (κ1) is 25.1. The highest BCUT2D eigenvalue weighted by molar-refractivity contribution is 6.11. The maximum atomic E-state index is 9.25. The van der Waals surface area contributed by atoms with Crippen LogP contribution in [-0.4, -0.2) is 14.5 Å². The summed E-state index contributed by atoms with van der Waals surface area (Å²) in [5.41, 5.74) is 10.9. The van der Waals surface area contributed by atoms with E-state index in [1.807, 2.05) is 72.8 Å². The van der Waals surface area contributed by atoms with Gasteiger partial charge in [-0.25, -0.2) is 9.97 Å². The summed E-state index contributed by atoms with van der Waals surface area (Å²) in [5, 5.41) is 11.4. The number of benzene rings is 6. The Hall–Kier alpha value is -6.45. The molecule has 0 aliphatic heterocycles. The summed E-state index contributed by atoms with van der Waals surface area (Å²) in [6.07, 6.45) is 0. The van der Waals surface area contributed by atoms with Gasteiger partial charge in [-0.15, -0.1) is 0 Å². The summed E-state index contributed by atoms with van der Waals surface area (Å²) in [5.74, 6) is 1.16. The van der Waals surface area contributed by atoms with Crippen LogP contribution in [0.3, 0.4) is 0 Å². The van der Waals surface area contributed by atoms with E-state index >= 15 is 0 Å². The maximum Gasteiger partial charge on any atom is 0.227 e. The van der Waals surface area contributed by atoms with E-state index in [-0.39, 0.29) is 0 Å². The second-order valence-corrected chi connectivity index (χ2v) is 11.0. The van der Waals surface area contributed by atoms with Gasteiger partial charge in [0.05, 0.1) is 22.7 Å². The molecule has 0 saturated carbocycles. The van der Waals surface area contributed by atoms with Crippen molar-refractivity contribution in [2.75, 3.05) is 0 Å². The number of aromatic nitrogens is 3. The van der Waals surface area contributed by atoms with Gasteiger partial charge in [0.2, 0.25) is 11.8 Å². The van der Waals surface area contributed by atoms with E-state index in [1.54, 1.807) is 0 Å². The minimum Gasteiger partial charge on any atom is -0.436 e. The molecule has 0 radical (unpaired) electrons. The number of nitrogens with zero attached hydrogens (tertiary/aromatic N) is 4. The summed E-state index contributed by atoms with van der Waals surface area (Å²) in [4.78, 5) is 9.53. The lowest BCUT2D eigenvalue weighted by Crippen LogP contribution is -1.94. The molecule has 0 aliphatic rings. The molecule has 0 N–H and O–H groups in total. The molecule has 0 atom stereocenters. The van der Waals surface area contributed by atoms with Crippen molar-refractivity contribution in [1.29, 1.82) is 5.26 Å². The van der Waals surface area contributed by atoms with E-state index in [0.29, 0.717) is 17.3 Å². The van der Waals surface area contributed by atoms with Gasteiger partial charge in [0.15, 0.2) is 11.2 Å². The largest absolute Gasteiger partial charge is 0.436 e. The van der Waals surface area contributed by atoms with Crippen LogP contribution in [0, 0.1) is 11.3 Å². The van der Waals surface area contributed by atoms with Crippen LogP contribution in [0.1, 0.15) is 5.56 Å². The van der Waals surface area contributed by atoms with E-state index in [4.69, 9.17) is 18.8 Å². The predicted octanol–water partition coefficient (Wildman–Crippen LogP) is 9.94. The van der Waals surface area contributed by atoms with Crippen LogP contribution in [0.25, 0.3) is 83.7 Å². The van der Waals surface area contributed by atoms with Gasteiger partial charge in [-0.2, -0.15) is 5.26 Å². The zero-order valence-electron chi connectivity index (χ0n) is 23.8. The monoisotopic (exact) mass is 578 g/mol. The number of para-hydroxylation sites is 4. The molecule has 6 aromatic carbocycles. The highest BCUT2D eigenvalue weighted by Gasteiger charge is 2.18. The molecule has 0 bridgehead atoms. The van der Waals surface area contributed by atoms with Crippen molar-refractivity contribution in [3.8, 4) is 45.8 Å². The van der Waals surface area contributed by atoms with Gasteiger partial charge < -0.3 is 13.4 Å². The highest BCUT2D eigenvalue weighted by atomic mass is 16.4. The molecule has 45 heavy (non-hydrogen) atoms. The van der Waals surface area contributed by atoms with E-state index in [2.05, 4.69) is 71.3 Å². The van der Waals surface area contributed by atoms with Crippen LogP contribution < -0.4 is 0 Å². The van der Waals surface area contributed by atoms with E-state index in [9.17, 15) is 5.26 Å². The molecule has 0 saturated heterocycles. The quantitative estimate of drug-likeness (QED) is 0.208. The lowest BCUT2D eigenvalue weighted by Gasteiger charge is -2.11. The zero-order valence-corrected chi connectivity index (χ0v) is 23.8. The maximum absolute atomic E-state index is 9.25. The molecule has 0 spiro atoms. The molecule has 3 heterocycles. The van der Waals surface area contributed by atoms with E-state index in [1.165, 1.54) is 0 Å². The second-order valence-electron chi connectivity index (χ2n) is 11.0. The van der Waals surface area contributed by atoms with Crippen LogP contribution in [0.4, 0.5) is 0 Å². The summed E-state index contributed by atoms with van der Waals surface area (Å²) in [6.45, 7) is 0. The number of rotatable bonds is 4. The Morgan fingerprint density at radius 3 is 1.62 bits per heavy atom. The average molecular weight is 579 g/mol. The van der Waals surface area contributed by atoms with Gasteiger partial charge in [-0.05, 0) is 96.1 Å². The van der Waals surface area contributed by atoms with Crippen molar-refractivity contribution in [3.05, 3.63) is 139 Å². The predicted molar refractivity (Wildman–Crippen MR) is 177 cm³/mol. The molecule has 210 valence electrons. The fourth-order valence-corrected chi connectivity index (χ4v) is 6.12. The van der Waals surface area contributed by atoms with E-state index in [0.717, 1.165) is 71.9 Å². The van der Waals surface area contributed by atoms with Crippen LogP contribution in [0.2, 0.25) is 0 Å². The number of fused-ring (bicyclic) bond motifs is 5. The molecule has 9 rings (SSSR count). The van der Waals surface area contributed by atoms with Crippen molar-refractivity contribution in [2.45, 2.75) is 0 Å². The third-order valence-corrected chi connectivity index (χ3v) is 8.30. The molecule has 9 aromatic rings. The zero-order chi connectivity index (χ0) is 29.9. The van der Waals surface area contributed by atoms with Crippen LogP contribution >= 0.6 is 0 Å². The summed E-state index contributed by atoms with van der Waals surface area (Å²) < 4.78 is 14.6.